The van der Waals surface area contributed by atoms with Gasteiger partial charge in [-0.2, -0.15) is 52.7 Å². The molecule has 8 nitrogen and oxygen atoms in total. The van der Waals surface area contributed by atoms with Gasteiger partial charge < -0.3 is 40.6 Å². The molecule has 0 saturated heterocycles. The molecule has 0 aromatic heterocycles. The van der Waals surface area contributed by atoms with E-state index in [4.69, 9.17) is 11.5 Å². The number of aliphatic hydroxyl groups excluding tert-OH is 2. The summed E-state index contributed by atoms with van der Waals surface area (Å²) >= 11 is 0. The Kier molecular flexibility index (Phi) is 10.0. The largest absolute Gasteiger partial charge is 0.391 e. The van der Waals surface area contributed by atoms with Crippen LogP contribution in [0.25, 0.3) is 0 Å². The zero-order valence-electron chi connectivity index (χ0n) is 25.2. The molecule has 0 aromatic rings. The molecular weight excluding hydrogens is 664 g/mol. The van der Waals surface area contributed by atoms with Gasteiger partial charge in [0.25, 0.3) is 22.4 Å². The van der Waals surface area contributed by atoms with Crippen LogP contribution < -0.4 is 11.5 Å². The summed E-state index contributed by atoms with van der Waals surface area (Å²) in [6, 6.07) is -3.44. The van der Waals surface area contributed by atoms with E-state index in [1.54, 1.807) is 0 Å². The summed E-state index contributed by atoms with van der Waals surface area (Å²) in [6.45, 7) is -3.19. The Labute approximate surface area is 256 Å². The summed E-state index contributed by atoms with van der Waals surface area (Å²) in [5.74, 6) is -42.0. The molecule has 4 fully saturated rings. The van der Waals surface area contributed by atoms with E-state index < -0.39 is 134 Å². The van der Waals surface area contributed by atoms with Gasteiger partial charge in [0, 0.05) is 12.1 Å². The fraction of sp³-hybridized carbons (Fsp3) is 1.00. The predicted molar refractivity (Wildman–Crippen MR) is 134 cm³/mol. The molecule has 0 amide bonds. The topological polar surface area (TPSA) is 129 Å². The zero-order chi connectivity index (χ0) is 35.8. The zero-order valence-corrected chi connectivity index (χ0v) is 25.2. The van der Waals surface area contributed by atoms with Crippen LogP contribution in [-0.4, -0.2) is 119 Å². The number of hydrogen-bond donors (Lipinski definition) is 4. The Morgan fingerprint density at radius 2 is 0.609 bits per heavy atom. The van der Waals surface area contributed by atoms with Gasteiger partial charge >= 0.3 is 35.5 Å². The SMILES string of the molecule is CCC(N)COC12C(F)(F)C3(OCC(N)CC)C(F)(F)C(OCC(O)CC)(C1(F)F)C(F)(F)C(OCC(O)CC)(C2(F)F)C3(F)F. The molecule has 4 saturated carbocycles. The highest BCUT2D eigenvalue weighted by Crippen LogP contribution is 2.88. The third-order valence-electron chi connectivity index (χ3n) is 9.31. The molecule has 4 unspecified atom stereocenters. The molecule has 0 aliphatic heterocycles. The van der Waals surface area contributed by atoms with E-state index in [1.165, 1.54) is 13.8 Å². The van der Waals surface area contributed by atoms with Gasteiger partial charge in [-0.05, 0) is 25.7 Å². The highest BCUT2D eigenvalue weighted by Gasteiger charge is 3.22. The highest BCUT2D eigenvalue weighted by molar-refractivity contribution is 5.55. The van der Waals surface area contributed by atoms with E-state index in [2.05, 4.69) is 18.9 Å². The second-order valence-corrected chi connectivity index (χ2v) is 11.9. The monoisotopic (exact) mass is 702 g/mol. The first kappa shape index (κ1) is 39.3. The van der Waals surface area contributed by atoms with Crippen molar-refractivity contribution in [2.75, 3.05) is 26.4 Å². The Bertz CT molecular complexity index is 870. The first-order chi connectivity index (χ1) is 20.8. The van der Waals surface area contributed by atoms with Gasteiger partial charge in [0.1, 0.15) is 0 Å². The first-order valence-electron chi connectivity index (χ1n) is 14.5. The molecule has 4 aliphatic rings. The van der Waals surface area contributed by atoms with Crippen LogP contribution in [-0.2, 0) is 18.9 Å². The van der Waals surface area contributed by atoms with E-state index in [1.807, 2.05) is 0 Å². The molecular formula is C26H38F12N2O6. The average molecular weight is 703 g/mol. The van der Waals surface area contributed by atoms with Gasteiger partial charge in [-0.3, -0.25) is 0 Å². The van der Waals surface area contributed by atoms with Crippen molar-refractivity contribution in [1.29, 1.82) is 0 Å². The average Bonchev–Trinajstić information content (AvgIpc) is 2.94. The fourth-order valence-electron chi connectivity index (χ4n) is 6.32. The minimum absolute atomic E-state index is 0.400. The highest BCUT2D eigenvalue weighted by atomic mass is 19.3. The molecule has 6 N–H and O–H groups in total. The summed E-state index contributed by atoms with van der Waals surface area (Å²) in [4.78, 5) is 0. The molecule has 0 radical (unpaired) electrons. The maximum atomic E-state index is 16.7. The second-order valence-electron chi connectivity index (χ2n) is 11.9. The lowest BCUT2D eigenvalue weighted by Gasteiger charge is -2.79. The van der Waals surface area contributed by atoms with Crippen LogP contribution >= 0.6 is 0 Å². The summed E-state index contributed by atoms with van der Waals surface area (Å²) < 4.78 is 218. The van der Waals surface area contributed by atoms with E-state index in [0.29, 0.717) is 0 Å². The first-order valence-corrected chi connectivity index (χ1v) is 14.5. The minimum Gasteiger partial charge on any atom is -0.391 e. The minimum atomic E-state index is -7.03. The number of rotatable bonds is 16. The molecule has 4 atom stereocenters. The number of halogens is 12. The van der Waals surface area contributed by atoms with Gasteiger partial charge in [0.15, 0.2) is 0 Å². The summed E-state index contributed by atoms with van der Waals surface area (Å²) in [7, 11) is 0. The van der Waals surface area contributed by atoms with Gasteiger partial charge in [-0.1, -0.05) is 27.7 Å². The van der Waals surface area contributed by atoms with Crippen LogP contribution in [0.2, 0.25) is 0 Å². The maximum Gasteiger partial charge on any atom is 0.329 e. The number of alkyl halides is 12. The molecule has 0 aromatic carbocycles. The lowest BCUT2D eigenvalue weighted by molar-refractivity contribution is -0.650. The molecule has 4 aliphatic carbocycles. The Morgan fingerprint density at radius 3 is 0.783 bits per heavy atom. The molecule has 0 heterocycles. The lowest BCUT2D eigenvalue weighted by atomic mass is 9.38. The standard InChI is InChI=1S/C26H38F12N2O6/c1-5-13(39)9-43-17-21(27,28)18(44-10-14(40)6-2)24(33,34)19(22(17,29)30,45-11-15(41)7-3)26(37,38)20(23(17,31)32,25(18,35)36)46-12-16(42)8-4/h13-16,41-42H,5-12,39-40H2,1-4H3. The molecule has 0 spiro atoms. The van der Waals surface area contributed by atoms with Crippen molar-refractivity contribution in [3.8, 4) is 0 Å². The van der Waals surface area contributed by atoms with E-state index in [9.17, 15) is 10.2 Å². The summed E-state index contributed by atoms with van der Waals surface area (Å²) in [6.07, 6.45) is -6.42. The quantitative estimate of drug-likeness (QED) is 0.179. The third kappa shape index (κ3) is 3.89. The molecule has 4 bridgehead atoms. The van der Waals surface area contributed by atoms with Gasteiger partial charge in [-0.15, -0.1) is 0 Å². The number of ether oxygens (including phenoxy) is 4. The van der Waals surface area contributed by atoms with Crippen LogP contribution in [0.1, 0.15) is 53.4 Å². The van der Waals surface area contributed by atoms with Crippen LogP contribution in [0, 0.1) is 0 Å². The lowest BCUT2D eigenvalue weighted by Crippen LogP contribution is -3.12. The second kappa shape index (κ2) is 11.7. The van der Waals surface area contributed by atoms with E-state index in [-0.39, 0.29) is 0 Å². The Balaban J connectivity index is 2.69. The van der Waals surface area contributed by atoms with Crippen molar-refractivity contribution in [3.63, 3.8) is 0 Å². The smallest absolute Gasteiger partial charge is 0.329 e. The van der Waals surface area contributed by atoms with Crippen molar-refractivity contribution in [2.24, 2.45) is 11.5 Å². The van der Waals surface area contributed by atoms with E-state index >= 15 is 52.7 Å². The van der Waals surface area contributed by atoms with Crippen LogP contribution in [0.3, 0.4) is 0 Å². The van der Waals surface area contributed by atoms with Gasteiger partial charge in [0.2, 0.25) is 0 Å². The number of nitrogens with two attached hydrogens (primary N) is 2. The Hall–Kier alpha value is -1.16. The Morgan fingerprint density at radius 1 is 0.413 bits per heavy atom. The summed E-state index contributed by atoms with van der Waals surface area (Å²) in [5, 5.41) is 19.9. The number of aliphatic hydroxyl groups is 2. The van der Waals surface area contributed by atoms with Crippen LogP contribution in [0.4, 0.5) is 52.7 Å². The van der Waals surface area contributed by atoms with Gasteiger partial charge in [-0.25, -0.2) is 0 Å². The van der Waals surface area contributed by atoms with Crippen LogP contribution in [0.5, 0.6) is 0 Å². The summed E-state index contributed by atoms with van der Waals surface area (Å²) in [5.41, 5.74) is -14.5. The van der Waals surface area contributed by atoms with Crippen molar-refractivity contribution < 1.29 is 81.8 Å². The van der Waals surface area contributed by atoms with Crippen molar-refractivity contribution in [3.05, 3.63) is 0 Å². The maximum absolute atomic E-state index is 16.7. The molecule has 46 heavy (non-hydrogen) atoms. The fourth-order valence-corrected chi connectivity index (χ4v) is 6.32. The third-order valence-corrected chi connectivity index (χ3v) is 9.31. The molecule has 20 heteroatoms. The van der Waals surface area contributed by atoms with E-state index in [0.717, 1.165) is 13.8 Å². The van der Waals surface area contributed by atoms with Crippen LogP contribution in [0.15, 0.2) is 0 Å². The van der Waals surface area contributed by atoms with Crippen molar-refractivity contribution in [1.82, 2.24) is 0 Å². The normalized spacial score (nSPS) is 38.3. The van der Waals surface area contributed by atoms with Crippen molar-refractivity contribution >= 4 is 0 Å². The van der Waals surface area contributed by atoms with Crippen molar-refractivity contribution in [2.45, 2.75) is 136 Å². The molecule has 4 rings (SSSR count). The number of hydrogen-bond acceptors (Lipinski definition) is 8. The molecule has 272 valence electrons. The predicted octanol–water partition coefficient (Wildman–Crippen LogP) is 3.88. The van der Waals surface area contributed by atoms with Gasteiger partial charge in [0.05, 0.1) is 38.6 Å².